The van der Waals surface area contributed by atoms with Crippen molar-refractivity contribution in [2.75, 3.05) is 18.0 Å². The van der Waals surface area contributed by atoms with Crippen molar-refractivity contribution < 1.29 is 4.79 Å². The lowest BCUT2D eigenvalue weighted by molar-refractivity contribution is -0.121. The Morgan fingerprint density at radius 2 is 1.83 bits per heavy atom. The van der Waals surface area contributed by atoms with E-state index in [-0.39, 0.29) is 11.8 Å². The molecule has 0 aliphatic carbocycles. The second-order valence-electron chi connectivity index (χ2n) is 8.37. The van der Waals surface area contributed by atoms with Gasteiger partial charge in [-0.05, 0) is 51.7 Å². The maximum Gasteiger partial charge on any atom is 0.234 e. The minimum Gasteiger partial charge on any atom is -0.341 e. The van der Waals surface area contributed by atoms with Crippen LogP contribution in [0.25, 0.3) is 5.69 Å². The lowest BCUT2D eigenvalue weighted by Crippen LogP contribution is -2.51. The average molecular weight is 427 g/mol. The molecule has 8 heteroatoms. The topological polar surface area (TPSA) is 86.8 Å². The van der Waals surface area contributed by atoms with Crippen LogP contribution in [0.5, 0.6) is 0 Å². The van der Waals surface area contributed by atoms with Gasteiger partial charge in [0.1, 0.15) is 5.54 Å². The van der Waals surface area contributed by atoms with E-state index in [0.717, 1.165) is 37.6 Å². The summed E-state index contributed by atoms with van der Waals surface area (Å²) < 4.78 is 2.03. The number of nitriles is 1. The van der Waals surface area contributed by atoms with Gasteiger partial charge in [-0.1, -0.05) is 43.3 Å². The highest BCUT2D eigenvalue weighted by Gasteiger charge is 2.33. The zero-order valence-corrected chi connectivity index (χ0v) is 19.2. The highest BCUT2D eigenvalue weighted by molar-refractivity contribution is 8.00. The summed E-state index contributed by atoms with van der Waals surface area (Å²) in [5, 5.41) is 21.6. The Hall–Kier alpha value is -2.53. The number of amides is 1. The summed E-state index contributed by atoms with van der Waals surface area (Å²) in [6.45, 7) is 11.4. The third-order valence-electron chi connectivity index (χ3n) is 5.72. The van der Waals surface area contributed by atoms with Crippen molar-refractivity contribution in [1.29, 1.82) is 5.26 Å². The molecule has 160 valence electrons. The van der Waals surface area contributed by atoms with Crippen LogP contribution < -0.4 is 10.2 Å². The van der Waals surface area contributed by atoms with Gasteiger partial charge in [0.05, 0.1) is 17.0 Å². The Labute approximate surface area is 182 Å². The molecule has 1 fully saturated rings. The maximum atomic E-state index is 12.8. The van der Waals surface area contributed by atoms with Gasteiger partial charge in [0.15, 0.2) is 5.16 Å². The van der Waals surface area contributed by atoms with Crippen LogP contribution in [-0.2, 0) is 4.79 Å². The number of aryl methyl sites for hydroxylation is 1. The minimum absolute atomic E-state index is 0.00151. The van der Waals surface area contributed by atoms with Crippen molar-refractivity contribution in [1.82, 2.24) is 20.1 Å². The van der Waals surface area contributed by atoms with Crippen LogP contribution in [0.1, 0.15) is 46.1 Å². The molecule has 0 saturated carbocycles. The molecule has 0 unspecified atom stereocenters. The number of rotatable bonds is 7. The number of anilines is 1. The van der Waals surface area contributed by atoms with Gasteiger partial charge in [-0.15, -0.1) is 10.2 Å². The predicted molar refractivity (Wildman–Crippen MR) is 120 cm³/mol. The number of hydrogen-bond donors (Lipinski definition) is 1. The fraction of sp³-hybridized carbons (Fsp3) is 0.545. The van der Waals surface area contributed by atoms with E-state index in [1.807, 2.05) is 25.3 Å². The number of carbonyl (C=O) groups excluding carboxylic acids is 1. The second kappa shape index (κ2) is 9.09. The summed E-state index contributed by atoms with van der Waals surface area (Å²) >= 11 is 1.36. The van der Waals surface area contributed by atoms with E-state index in [0.29, 0.717) is 5.16 Å². The van der Waals surface area contributed by atoms with Gasteiger partial charge in [-0.25, -0.2) is 0 Å². The van der Waals surface area contributed by atoms with Crippen molar-refractivity contribution in [2.45, 2.75) is 63.4 Å². The molecule has 0 radical (unpaired) electrons. The number of hydrogen-bond acceptors (Lipinski definition) is 6. The molecule has 30 heavy (non-hydrogen) atoms. The second-order valence-corrected chi connectivity index (χ2v) is 9.67. The van der Waals surface area contributed by atoms with Gasteiger partial charge in [-0.2, -0.15) is 5.26 Å². The molecule has 2 aromatic rings. The maximum absolute atomic E-state index is 12.8. The first kappa shape index (κ1) is 22.2. The number of aromatic nitrogens is 3. The van der Waals surface area contributed by atoms with Gasteiger partial charge < -0.3 is 10.2 Å². The Bertz CT molecular complexity index is 926. The van der Waals surface area contributed by atoms with E-state index in [1.165, 1.54) is 17.3 Å². The lowest BCUT2D eigenvalue weighted by Gasteiger charge is -2.28. The Balaban J connectivity index is 1.87. The van der Waals surface area contributed by atoms with Crippen LogP contribution in [0.3, 0.4) is 0 Å². The number of nitrogens with zero attached hydrogens (tertiary/aromatic N) is 5. The zero-order chi connectivity index (χ0) is 21.9. The molecule has 1 amide bonds. The van der Waals surface area contributed by atoms with E-state index in [1.54, 1.807) is 6.92 Å². The molecule has 1 aliphatic heterocycles. The number of benzene rings is 1. The Morgan fingerprint density at radius 3 is 2.40 bits per heavy atom. The number of carbonyl (C=O) groups is 1. The lowest BCUT2D eigenvalue weighted by atomic mass is 9.90. The smallest absolute Gasteiger partial charge is 0.234 e. The van der Waals surface area contributed by atoms with Crippen molar-refractivity contribution in [3.8, 4) is 11.8 Å². The molecule has 1 aliphatic rings. The van der Waals surface area contributed by atoms with Crippen LogP contribution in [0.4, 0.5) is 5.95 Å². The molecule has 1 saturated heterocycles. The fourth-order valence-corrected chi connectivity index (χ4v) is 4.11. The first-order valence-corrected chi connectivity index (χ1v) is 11.3. The van der Waals surface area contributed by atoms with Gasteiger partial charge >= 0.3 is 0 Å². The normalized spacial score (nSPS) is 16.9. The van der Waals surface area contributed by atoms with E-state index < -0.39 is 10.8 Å². The quantitative estimate of drug-likeness (QED) is 0.679. The molecule has 0 spiro atoms. The third-order valence-corrected chi connectivity index (χ3v) is 6.76. The molecule has 1 N–H and O–H groups in total. The van der Waals surface area contributed by atoms with Gasteiger partial charge in [0.2, 0.25) is 11.9 Å². The highest BCUT2D eigenvalue weighted by Crippen LogP contribution is 2.31. The number of thioether (sulfide) groups is 1. The first-order valence-electron chi connectivity index (χ1n) is 10.4. The molecular weight excluding hydrogens is 396 g/mol. The zero-order valence-electron chi connectivity index (χ0n) is 18.3. The summed E-state index contributed by atoms with van der Waals surface area (Å²) in [5.74, 6) is 0.635. The van der Waals surface area contributed by atoms with Crippen molar-refractivity contribution in [3.05, 3.63) is 29.8 Å². The predicted octanol–water partition coefficient (Wildman–Crippen LogP) is 3.71. The van der Waals surface area contributed by atoms with Crippen LogP contribution >= 0.6 is 11.8 Å². The van der Waals surface area contributed by atoms with Crippen LogP contribution in [0.15, 0.2) is 29.4 Å². The standard InChI is InChI=1S/C22H30N6OS/c1-15(2)22(5,14-23)24-19(29)17(4)30-21-26-25-20(27-12-6-7-13-27)28(21)18-10-8-16(3)9-11-18/h8-11,15,17H,6-7,12-13H2,1-5H3,(H,24,29)/t17-,22-/m1/s1. The van der Waals surface area contributed by atoms with E-state index >= 15 is 0 Å². The van der Waals surface area contributed by atoms with E-state index in [2.05, 4.69) is 57.7 Å². The Kier molecular flexibility index (Phi) is 6.71. The van der Waals surface area contributed by atoms with Crippen LogP contribution in [0, 0.1) is 24.2 Å². The molecule has 2 atom stereocenters. The van der Waals surface area contributed by atoms with Crippen molar-refractivity contribution in [3.63, 3.8) is 0 Å². The van der Waals surface area contributed by atoms with Crippen molar-refractivity contribution in [2.24, 2.45) is 5.92 Å². The van der Waals surface area contributed by atoms with Gasteiger partial charge in [-0.3, -0.25) is 9.36 Å². The summed E-state index contributed by atoms with van der Waals surface area (Å²) in [5.41, 5.74) is 1.25. The first-order chi connectivity index (χ1) is 14.2. The molecule has 3 rings (SSSR count). The van der Waals surface area contributed by atoms with Crippen LogP contribution in [0.2, 0.25) is 0 Å². The molecule has 1 aromatic carbocycles. The molecule has 1 aromatic heterocycles. The largest absolute Gasteiger partial charge is 0.341 e. The van der Waals surface area contributed by atoms with E-state index in [9.17, 15) is 10.1 Å². The summed E-state index contributed by atoms with van der Waals surface area (Å²) in [4.78, 5) is 15.1. The number of nitrogens with one attached hydrogen (secondary N) is 1. The molecule has 2 heterocycles. The summed E-state index contributed by atoms with van der Waals surface area (Å²) in [6, 6.07) is 10.5. The van der Waals surface area contributed by atoms with Gasteiger partial charge in [0.25, 0.3) is 0 Å². The SMILES string of the molecule is Cc1ccc(-n2c(S[C@H](C)C(=O)N[C@](C)(C#N)C(C)C)nnc2N2CCCC2)cc1. The minimum atomic E-state index is -0.906. The molecule has 7 nitrogen and oxygen atoms in total. The average Bonchev–Trinajstić information content (AvgIpc) is 3.38. The fourth-order valence-electron chi connectivity index (χ4n) is 3.25. The summed E-state index contributed by atoms with van der Waals surface area (Å²) in [7, 11) is 0. The van der Waals surface area contributed by atoms with Crippen molar-refractivity contribution >= 4 is 23.6 Å². The Morgan fingerprint density at radius 1 is 1.20 bits per heavy atom. The molecule has 0 bridgehead atoms. The molecular formula is C22H30N6OS. The van der Waals surface area contributed by atoms with E-state index in [4.69, 9.17) is 0 Å². The summed E-state index contributed by atoms with van der Waals surface area (Å²) in [6.07, 6.45) is 2.29. The highest BCUT2D eigenvalue weighted by atomic mass is 32.2. The van der Waals surface area contributed by atoms with Crippen LogP contribution in [-0.4, -0.2) is 44.6 Å². The monoisotopic (exact) mass is 426 g/mol. The third kappa shape index (κ3) is 4.62. The van der Waals surface area contributed by atoms with Gasteiger partial charge in [0, 0.05) is 13.1 Å².